The number of carbonyl (C=O) groups is 1. The number of benzene rings is 2. The van der Waals surface area contributed by atoms with Crippen LogP contribution in [0.5, 0.6) is 5.75 Å². The standard InChI is InChI=1S/C19H16N4O4S/c24-18(17-12-13-4-1-2-5-16(13)27-17)22-14-6-8-15(9-7-14)28(25,26)23-19-20-10-3-11-21-19/h1-11,17H,12H2,(H,22,24)(H,20,21,23). The number of hydrogen-bond donors (Lipinski definition) is 2. The number of nitrogens with zero attached hydrogens (tertiary/aromatic N) is 2. The molecule has 3 aromatic rings. The lowest BCUT2D eigenvalue weighted by Gasteiger charge is -2.12. The Bertz CT molecular complexity index is 1080. The zero-order valence-electron chi connectivity index (χ0n) is 14.6. The van der Waals surface area contributed by atoms with Crippen LogP contribution >= 0.6 is 0 Å². The van der Waals surface area contributed by atoms with Gasteiger partial charge in [-0.2, -0.15) is 0 Å². The van der Waals surface area contributed by atoms with Gasteiger partial charge in [-0.15, -0.1) is 0 Å². The van der Waals surface area contributed by atoms with Crippen LogP contribution in [0.15, 0.2) is 71.9 Å². The van der Waals surface area contributed by atoms with Gasteiger partial charge in [-0.3, -0.25) is 4.79 Å². The molecule has 2 aromatic carbocycles. The van der Waals surface area contributed by atoms with E-state index < -0.39 is 16.1 Å². The first-order valence-electron chi connectivity index (χ1n) is 8.47. The summed E-state index contributed by atoms with van der Waals surface area (Å²) in [6.07, 6.45) is 2.76. The molecule has 28 heavy (non-hydrogen) atoms. The number of nitrogens with one attached hydrogen (secondary N) is 2. The summed E-state index contributed by atoms with van der Waals surface area (Å²) in [5, 5.41) is 2.74. The molecule has 0 radical (unpaired) electrons. The molecule has 4 rings (SSSR count). The van der Waals surface area contributed by atoms with Gasteiger partial charge in [0.1, 0.15) is 5.75 Å². The molecule has 9 heteroatoms. The highest BCUT2D eigenvalue weighted by Gasteiger charge is 2.28. The fourth-order valence-electron chi connectivity index (χ4n) is 2.80. The Morgan fingerprint density at radius 1 is 1.00 bits per heavy atom. The van der Waals surface area contributed by atoms with Crippen LogP contribution in [0.25, 0.3) is 0 Å². The molecule has 1 aromatic heterocycles. The SMILES string of the molecule is O=C(Nc1ccc(S(=O)(=O)Nc2ncccn2)cc1)C1Cc2ccccc2O1. The third kappa shape index (κ3) is 3.79. The average Bonchev–Trinajstić information content (AvgIpc) is 3.13. The van der Waals surface area contributed by atoms with Gasteiger partial charge in [0, 0.05) is 24.5 Å². The molecule has 0 saturated carbocycles. The normalized spacial score (nSPS) is 15.4. The van der Waals surface area contributed by atoms with Crippen molar-refractivity contribution in [2.75, 3.05) is 10.0 Å². The maximum absolute atomic E-state index is 12.4. The lowest BCUT2D eigenvalue weighted by molar-refractivity contribution is -0.122. The predicted octanol–water partition coefficient (Wildman–Crippen LogP) is 2.22. The quantitative estimate of drug-likeness (QED) is 0.684. The van der Waals surface area contributed by atoms with Crippen molar-refractivity contribution in [2.24, 2.45) is 0 Å². The third-order valence-electron chi connectivity index (χ3n) is 4.16. The number of sulfonamides is 1. The summed E-state index contributed by atoms with van der Waals surface area (Å²) in [5.74, 6) is 0.402. The first-order valence-corrected chi connectivity index (χ1v) is 9.95. The lowest BCUT2D eigenvalue weighted by Crippen LogP contribution is -2.31. The minimum atomic E-state index is -3.82. The minimum absolute atomic E-state index is 0.0159. The number of amides is 1. The maximum Gasteiger partial charge on any atom is 0.265 e. The second kappa shape index (κ2) is 7.28. The molecule has 142 valence electrons. The van der Waals surface area contributed by atoms with Crippen LogP contribution in [0.3, 0.4) is 0 Å². The Labute approximate surface area is 161 Å². The molecule has 0 aliphatic carbocycles. The third-order valence-corrected chi connectivity index (χ3v) is 5.51. The first kappa shape index (κ1) is 17.9. The van der Waals surface area contributed by atoms with E-state index >= 15 is 0 Å². The van der Waals surface area contributed by atoms with Gasteiger partial charge >= 0.3 is 0 Å². The van der Waals surface area contributed by atoms with Crippen LogP contribution in [0, 0.1) is 0 Å². The molecular formula is C19H16N4O4S. The summed E-state index contributed by atoms with van der Waals surface area (Å²) in [7, 11) is -3.82. The number of ether oxygens (including phenoxy) is 1. The Morgan fingerprint density at radius 3 is 2.43 bits per heavy atom. The molecule has 1 unspecified atom stereocenters. The predicted molar refractivity (Wildman–Crippen MR) is 102 cm³/mol. The van der Waals surface area contributed by atoms with Crippen LogP contribution in [0.4, 0.5) is 11.6 Å². The van der Waals surface area contributed by atoms with E-state index in [1.165, 1.54) is 36.7 Å². The summed E-state index contributed by atoms with van der Waals surface area (Å²) >= 11 is 0. The van der Waals surface area contributed by atoms with Crippen LogP contribution in [-0.2, 0) is 21.2 Å². The summed E-state index contributed by atoms with van der Waals surface area (Å²) < 4.78 is 32.7. The van der Waals surface area contributed by atoms with E-state index in [1.54, 1.807) is 6.07 Å². The molecule has 2 heterocycles. The molecule has 8 nitrogen and oxygen atoms in total. The van der Waals surface area contributed by atoms with Crippen molar-refractivity contribution in [3.05, 3.63) is 72.6 Å². The van der Waals surface area contributed by atoms with E-state index in [9.17, 15) is 13.2 Å². The number of carbonyl (C=O) groups excluding carboxylic acids is 1. The van der Waals surface area contributed by atoms with Gasteiger partial charge in [-0.05, 0) is 42.0 Å². The summed E-state index contributed by atoms with van der Waals surface area (Å²) in [6, 6.07) is 14.9. The second-order valence-corrected chi connectivity index (χ2v) is 7.79. The Kier molecular flexibility index (Phi) is 4.66. The van der Waals surface area contributed by atoms with Crippen LogP contribution < -0.4 is 14.8 Å². The van der Waals surface area contributed by atoms with Crippen molar-refractivity contribution in [2.45, 2.75) is 17.4 Å². The van der Waals surface area contributed by atoms with Gasteiger partial charge in [0.2, 0.25) is 5.95 Å². The summed E-state index contributed by atoms with van der Waals surface area (Å²) in [6.45, 7) is 0. The molecule has 1 aliphatic heterocycles. The number of aromatic nitrogens is 2. The molecule has 0 saturated heterocycles. The molecule has 1 atom stereocenters. The second-order valence-electron chi connectivity index (χ2n) is 6.11. The van der Waals surface area contributed by atoms with E-state index in [4.69, 9.17) is 4.74 Å². The Morgan fingerprint density at radius 2 is 1.71 bits per heavy atom. The van der Waals surface area contributed by atoms with Gasteiger partial charge in [0.15, 0.2) is 6.10 Å². The summed E-state index contributed by atoms with van der Waals surface area (Å²) in [5.41, 5.74) is 1.46. The van der Waals surface area contributed by atoms with Crippen molar-refractivity contribution in [3.8, 4) is 5.75 Å². The highest BCUT2D eigenvalue weighted by Crippen LogP contribution is 2.28. The smallest absolute Gasteiger partial charge is 0.265 e. The summed E-state index contributed by atoms with van der Waals surface area (Å²) in [4.78, 5) is 20.1. The molecule has 0 bridgehead atoms. The van der Waals surface area contributed by atoms with Crippen molar-refractivity contribution >= 4 is 27.6 Å². The van der Waals surface area contributed by atoms with E-state index in [0.29, 0.717) is 17.9 Å². The maximum atomic E-state index is 12.4. The number of anilines is 2. The van der Waals surface area contributed by atoms with Gasteiger partial charge in [0.05, 0.1) is 4.90 Å². The minimum Gasteiger partial charge on any atom is -0.480 e. The molecular weight excluding hydrogens is 380 g/mol. The zero-order valence-corrected chi connectivity index (χ0v) is 15.4. The van der Waals surface area contributed by atoms with Crippen LogP contribution in [0.2, 0.25) is 0 Å². The number of fused-ring (bicyclic) bond motifs is 1. The van der Waals surface area contributed by atoms with E-state index in [2.05, 4.69) is 20.0 Å². The van der Waals surface area contributed by atoms with Crippen molar-refractivity contribution in [1.29, 1.82) is 0 Å². The Balaban J connectivity index is 1.42. The first-order chi connectivity index (χ1) is 13.5. The lowest BCUT2D eigenvalue weighted by atomic mass is 10.1. The molecule has 0 fully saturated rings. The van der Waals surface area contributed by atoms with Gasteiger partial charge in [-0.1, -0.05) is 18.2 Å². The van der Waals surface area contributed by atoms with Crippen LogP contribution in [-0.4, -0.2) is 30.4 Å². The number of hydrogen-bond acceptors (Lipinski definition) is 6. The number of para-hydroxylation sites is 1. The molecule has 0 spiro atoms. The average molecular weight is 396 g/mol. The zero-order chi connectivity index (χ0) is 19.6. The topological polar surface area (TPSA) is 110 Å². The molecule has 1 aliphatic rings. The van der Waals surface area contributed by atoms with Gasteiger partial charge in [0.25, 0.3) is 15.9 Å². The van der Waals surface area contributed by atoms with Gasteiger partial charge < -0.3 is 10.1 Å². The van der Waals surface area contributed by atoms with Gasteiger partial charge in [-0.25, -0.2) is 23.1 Å². The van der Waals surface area contributed by atoms with Crippen molar-refractivity contribution in [3.63, 3.8) is 0 Å². The Hall–Kier alpha value is -3.46. The van der Waals surface area contributed by atoms with Crippen molar-refractivity contribution in [1.82, 2.24) is 9.97 Å². The van der Waals surface area contributed by atoms with E-state index in [-0.39, 0.29) is 16.8 Å². The fraction of sp³-hybridized carbons (Fsp3) is 0.105. The van der Waals surface area contributed by atoms with Crippen LogP contribution in [0.1, 0.15) is 5.56 Å². The number of rotatable bonds is 5. The molecule has 1 amide bonds. The van der Waals surface area contributed by atoms with Crippen molar-refractivity contribution < 1.29 is 17.9 Å². The monoisotopic (exact) mass is 396 g/mol. The van der Waals surface area contributed by atoms with E-state index in [1.807, 2.05) is 24.3 Å². The van der Waals surface area contributed by atoms with E-state index in [0.717, 1.165) is 5.56 Å². The molecule has 2 N–H and O–H groups in total. The highest BCUT2D eigenvalue weighted by molar-refractivity contribution is 7.92. The largest absolute Gasteiger partial charge is 0.480 e. The fourth-order valence-corrected chi connectivity index (χ4v) is 3.76. The highest BCUT2D eigenvalue weighted by atomic mass is 32.2.